The van der Waals surface area contributed by atoms with Crippen molar-refractivity contribution < 1.29 is 27.5 Å². The van der Waals surface area contributed by atoms with Gasteiger partial charge in [-0.25, -0.2) is 17.6 Å². The summed E-state index contributed by atoms with van der Waals surface area (Å²) in [5, 5.41) is 8.94. The van der Waals surface area contributed by atoms with E-state index in [1.165, 1.54) is 37.3 Å². The zero-order valence-electron chi connectivity index (χ0n) is 12.4. The van der Waals surface area contributed by atoms with E-state index in [-0.39, 0.29) is 21.6 Å². The standard InChI is InChI=1S/C15H13FN2O5S/c1-9-6-7-10(15(20)21)8-13(9)24(22,23)18-17-14(19)11-4-2-3-5-12(11)16/h2-8,18H,1H3,(H,17,19)(H,20,21). The van der Waals surface area contributed by atoms with Crippen LogP contribution in [0.3, 0.4) is 0 Å². The van der Waals surface area contributed by atoms with Crippen LogP contribution in [0.2, 0.25) is 0 Å². The highest BCUT2D eigenvalue weighted by Gasteiger charge is 2.20. The monoisotopic (exact) mass is 352 g/mol. The van der Waals surface area contributed by atoms with Crippen molar-refractivity contribution >= 4 is 21.9 Å². The molecule has 0 bridgehead atoms. The van der Waals surface area contributed by atoms with Crippen LogP contribution in [-0.4, -0.2) is 25.4 Å². The van der Waals surface area contributed by atoms with Crippen molar-refractivity contribution in [2.75, 3.05) is 0 Å². The molecule has 0 aliphatic carbocycles. The first kappa shape index (κ1) is 17.6. The highest BCUT2D eigenvalue weighted by Crippen LogP contribution is 2.17. The molecule has 2 aromatic rings. The minimum atomic E-state index is -4.23. The van der Waals surface area contributed by atoms with E-state index in [0.717, 1.165) is 12.1 Å². The minimum Gasteiger partial charge on any atom is -0.478 e. The van der Waals surface area contributed by atoms with Gasteiger partial charge in [-0.05, 0) is 36.8 Å². The molecular formula is C15H13FN2O5S. The number of carboxylic acid groups (broad SMARTS) is 1. The Labute approximate surface area is 137 Å². The van der Waals surface area contributed by atoms with Gasteiger partial charge in [0.2, 0.25) is 0 Å². The van der Waals surface area contributed by atoms with Crippen molar-refractivity contribution in [1.29, 1.82) is 0 Å². The van der Waals surface area contributed by atoms with Crippen LogP contribution in [0, 0.1) is 12.7 Å². The average molecular weight is 352 g/mol. The summed E-state index contributed by atoms with van der Waals surface area (Å²) < 4.78 is 38.0. The van der Waals surface area contributed by atoms with Crippen LogP contribution in [0.5, 0.6) is 0 Å². The molecule has 0 aliphatic rings. The number of hydrazine groups is 1. The summed E-state index contributed by atoms with van der Waals surface area (Å²) in [6.07, 6.45) is 0. The molecule has 126 valence electrons. The van der Waals surface area contributed by atoms with Crippen LogP contribution in [0.25, 0.3) is 0 Å². The van der Waals surface area contributed by atoms with Crippen LogP contribution in [0.4, 0.5) is 4.39 Å². The Hall–Kier alpha value is -2.78. The largest absolute Gasteiger partial charge is 0.478 e. The molecule has 0 fully saturated rings. The van der Waals surface area contributed by atoms with Crippen molar-refractivity contribution in [3.8, 4) is 0 Å². The number of halogens is 1. The Kier molecular flexibility index (Phi) is 4.96. The minimum absolute atomic E-state index is 0.221. The fraction of sp³-hybridized carbons (Fsp3) is 0.0667. The third-order valence-electron chi connectivity index (χ3n) is 3.14. The molecular weight excluding hydrogens is 339 g/mol. The van der Waals surface area contributed by atoms with Crippen molar-refractivity contribution in [1.82, 2.24) is 10.3 Å². The maximum atomic E-state index is 13.5. The Bertz CT molecular complexity index is 912. The molecule has 7 nitrogen and oxygen atoms in total. The Balaban J connectivity index is 2.23. The van der Waals surface area contributed by atoms with Gasteiger partial charge in [0.25, 0.3) is 15.9 Å². The van der Waals surface area contributed by atoms with Crippen molar-refractivity contribution in [2.45, 2.75) is 11.8 Å². The number of aromatic carboxylic acids is 1. The van der Waals surface area contributed by atoms with Crippen molar-refractivity contribution in [3.05, 3.63) is 65.0 Å². The second-order valence-electron chi connectivity index (χ2n) is 4.82. The van der Waals surface area contributed by atoms with Crippen LogP contribution < -0.4 is 10.3 Å². The van der Waals surface area contributed by atoms with Gasteiger partial charge in [-0.3, -0.25) is 10.2 Å². The molecule has 0 unspecified atom stereocenters. The lowest BCUT2D eigenvalue weighted by Gasteiger charge is -2.11. The number of rotatable bonds is 5. The molecule has 9 heteroatoms. The second kappa shape index (κ2) is 6.77. The number of hydrogen-bond donors (Lipinski definition) is 3. The fourth-order valence-electron chi connectivity index (χ4n) is 1.90. The van der Waals surface area contributed by atoms with Crippen LogP contribution >= 0.6 is 0 Å². The number of hydrogen-bond acceptors (Lipinski definition) is 4. The summed E-state index contributed by atoms with van der Waals surface area (Å²) in [4.78, 5) is 24.3. The van der Waals surface area contributed by atoms with E-state index in [1.807, 2.05) is 10.3 Å². The van der Waals surface area contributed by atoms with Crippen molar-refractivity contribution in [2.24, 2.45) is 0 Å². The zero-order valence-corrected chi connectivity index (χ0v) is 13.2. The maximum absolute atomic E-state index is 13.5. The van der Waals surface area contributed by atoms with Gasteiger partial charge in [0.15, 0.2) is 0 Å². The lowest BCUT2D eigenvalue weighted by atomic mass is 10.1. The molecule has 2 aromatic carbocycles. The van der Waals surface area contributed by atoms with E-state index in [1.54, 1.807) is 0 Å². The number of benzene rings is 2. The van der Waals surface area contributed by atoms with E-state index in [4.69, 9.17) is 5.11 Å². The van der Waals surface area contributed by atoms with E-state index in [2.05, 4.69) is 0 Å². The Morgan fingerprint density at radius 2 is 1.79 bits per heavy atom. The number of carboxylic acids is 1. The molecule has 0 spiro atoms. The molecule has 0 aromatic heterocycles. The highest BCUT2D eigenvalue weighted by molar-refractivity contribution is 7.89. The number of carbonyl (C=O) groups is 2. The number of aryl methyl sites for hydroxylation is 1. The number of carbonyl (C=O) groups excluding carboxylic acids is 1. The Morgan fingerprint density at radius 3 is 2.42 bits per heavy atom. The smallest absolute Gasteiger partial charge is 0.335 e. The van der Waals surface area contributed by atoms with E-state index in [9.17, 15) is 22.4 Å². The first-order valence-electron chi connectivity index (χ1n) is 6.63. The second-order valence-corrected chi connectivity index (χ2v) is 6.48. The fourth-order valence-corrected chi connectivity index (χ4v) is 3.01. The normalized spacial score (nSPS) is 11.1. The molecule has 24 heavy (non-hydrogen) atoms. The third kappa shape index (κ3) is 3.76. The molecule has 2 rings (SSSR count). The highest BCUT2D eigenvalue weighted by atomic mass is 32.2. The molecule has 0 radical (unpaired) electrons. The lowest BCUT2D eigenvalue weighted by molar-refractivity contribution is 0.0696. The van der Waals surface area contributed by atoms with Crippen LogP contribution in [-0.2, 0) is 10.0 Å². The van der Waals surface area contributed by atoms with Gasteiger partial charge < -0.3 is 5.11 Å². The summed E-state index contributed by atoms with van der Waals surface area (Å²) in [5.41, 5.74) is 1.62. The molecule has 0 saturated carbocycles. The Morgan fingerprint density at radius 1 is 1.12 bits per heavy atom. The first-order chi connectivity index (χ1) is 11.2. The molecule has 0 aliphatic heterocycles. The summed E-state index contributed by atoms with van der Waals surface area (Å²) in [6.45, 7) is 1.47. The van der Waals surface area contributed by atoms with E-state index < -0.39 is 27.7 Å². The third-order valence-corrected chi connectivity index (χ3v) is 4.53. The number of sulfonamides is 1. The lowest BCUT2D eigenvalue weighted by Crippen LogP contribution is -2.42. The van der Waals surface area contributed by atoms with Gasteiger partial charge in [0, 0.05) is 0 Å². The average Bonchev–Trinajstić information content (AvgIpc) is 2.53. The SMILES string of the molecule is Cc1ccc(C(=O)O)cc1S(=O)(=O)NNC(=O)c1ccccc1F. The maximum Gasteiger partial charge on any atom is 0.335 e. The molecule has 0 saturated heterocycles. The van der Waals surface area contributed by atoms with Gasteiger partial charge in [0.1, 0.15) is 5.82 Å². The quantitative estimate of drug-likeness (QED) is 0.705. The van der Waals surface area contributed by atoms with Gasteiger partial charge in [0.05, 0.1) is 16.0 Å². The summed E-state index contributed by atoms with van der Waals surface area (Å²) in [5.74, 6) is -3.08. The first-order valence-corrected chi connectivity index (χ1v) is 8.11. The molecule has 1 amide bonds. The van der Waals surface area contributed by atoms with Crippen LogP contribution in [0.1, 0.15) is 26.3 Å². The predicted molar refractivity (Wildman–Crippen MR) is 82.3 cm³/mol. The van der Waals surface area contributed by atoms with E-state index in [0.29, 0.717) is 0 Å². The van der Waals surface area contributed by atoms with Gasteiger partial charge >= 0.3 is 5.97 Å². The topological polar surface area (TPSA) is 113 Å². The van der Waals surface area contributed by atoms with Gasteiger partial charge in [-0.2, -0.15) is 0 Å². The summed E-state index contributed by atoms with van der Waals surface area (Å²) >= 11 is 0. The zero-order chi connectivity index (χ0) is 17.9. The van der Waals surface area contributed by atoms with E-state index >= 15 is 0 Å². The molecule has 0 heterocycles. The van der Waals surface area contributed by atoms with Crippen LogP contribution in [0.15, 0.2) is 47.4 Å². The summed E-state index contributed by atoms with van der Waals surface area (Å²) in [7, 11) is -4.23. The van der Waals surface area contributed by atoms with Gasteiger partial charge in [-0.15, -0.1) is 4.83 Å². The number of amides is 1. The molecule has 0 atom stereocenters. The van der Waals surface area contributed by atoms with Gasteiger partial charge in [-0.1, -0.05) is 18.2 Å². The number of nitrogens with one attached hydrogen (secondary N) is 2. The predicted octanol–water partition coefficient (Wildman–Crippen LogP) is 1.46. The van der Waals surface area contributed by atoms with Crippen molar-refractivity contribution in [3.63, 3.8) is 0 Å². The summed E-state index contributed by atoms with van der Waals surface area (Å²) in [6, 6.07) is 8.61. The molecule has 3 N–H and O–H groups in total.